The highest BCUT2D eigenvalue weighted by Gasteiger charge is 2.16. The molecule has 0 bridgehead atoms. The van der Waals surface area contributed by atoms with E-state index in [4.69, 9.17) is 5.26 Å². The Balaban J connectivity index is 2.13. The van der Waals surface area contributed by atoms with Crippen molar-refractivity contribution in [1.29, 1.82) is 5.26 Å². The summed E-state index contributed by atoms with van der Waals surface area (Å²) in [5.74, 6) is 0. The molecule has 18 heavy (non-hydrogen) atoms. The first-order valence-electron chi connectivity index (χ1n) is 5.96. The van der Waals surface area contributed by atoms with Crippen molar-refractivity contribution in [3.05, 3.63) is 58.3 Å². The summed E-state index contributed by atoms with van der Waals surface area (Å²) in [5, 5.41) is 11.1. The van der Waals surface area contributed by atoms with Gasteiger partial charge in [0, 0.05) is 17.5 Å². The predicted molar refractivity (Wildman–Crippen MR) is 75.2 cm³/mol. The molecule has 0 saturated carbocycles. The molecule has 0 amide bonds. The van der Waals surface area contributed by atoms with Crippen molar-refractivity contribution in [2.24, 2.45) is 0 Å². The van der Waals surface area contributed by atoms with Gasteiger partial charge in [-0.25, -0.2) is 0 Å². The van der Waals surface area contributed by atoms with Gasteiger partial charge in [-0.15, -0.1) is 11.3 Å². The first-order chi connectivity index (χ1) is 8.81. The van der Waals surface area contributed by atoms with Crippen LogP contribution in [0.4, 0.5) is 0 Å². The van der Waals surface area contributed by atoms with Crippen LogP contribution in [0.15, 0.2) is 47.8 Å². The Morgan fingerprint density at radius 1 is 1.22 bits per heavy atom. The summed E-state index contributed by atoms with van der Waals surface area (Å²) < 4.78 is 0. The molecule has 0 spiro atoms. The largest absolute Gasteiger partial charge is 0.293 e. The second-order valence-corrected chi connectivity index (χ2v) is 5.32. The molecule has 1 aromatic heterocycles. The highest BCUT2D eigenvalue weighted by atomic mass is 32.1. The Hall–Kier alpha value is -1.63. The summed E-state index contributed by atoms with van der Waals surface area (Å²) >= 11 is 1.76. The van der Waals surface area contributed by atoms with Crippen LogP contribution in [0, 0.1) is 11.3 Å². The molecule has 0 aliphatic rings. The van der Waals surface area contributed by atoms with Crippen molar-refractivity contribution in [3.8, 4) is 6.07 Å². The number of benzene rings is 1. The number of nitrogens with zero attached hydrogens (tertiary/aromatic N) is 2. The summed E-state index contributed by atoms with van der Waals surface area (Å²) in [6, 6.07) is 16.9. The van der Waals surface area contributed by atoms with Gasteiger partial charge in [0.25, 0.3) is 0 Å². The van der Waals surface area contributed by atoms with Crippen LogP contribution in [-0.4, -0.2) is 11.9 Å². The molecular formula is C15H16N2S. The van der Waals surface area contributed by atoms with E-state index in [-0.39, 0.29) is 6.04 Å². The highest BCUT2D eigenvalue weighted by Crippen LogP contribution is 2.25. The van der Waals surface area contributed by atoms with Gasteiger partial charge in [-0.2, -0.15) is 5.26 Å². The lowest BCUT2D eigenvalue weighted by Crippen LogP contribution is -2.23. The van der Waals surface area contributed by atoms with Gasteiger partial charge < -0.3 is 0 Å². The van der Waals surface area contributed by atoms with Crippen LogP contribution < -0.4 is 0 Å². The summed E-state index contributed by atoms with van der Waals surface area (Å²) in [5.41, 5.74) is 1.21. The zero-order valence-corrected chi connectivity index (χ0v) is 11.2. The van der Waals surface area contributed by atoms with Crippen molar-refractivity contribution in [2.45, 2.75) is 19.0 Å². The highest BCUT2D eigenvalue weighted by molar-refractivity contribution is 7.09. The fourth-order valence-electron chi connectivity index (χ4n) is 2.05. The van der Waals surface area contributed by atoms with Crippen molar-refractivity contribution >= 4 is 11.3 Å². The minimum Gasteiger partial charge on any atom is -0.293 e. The molecule has 1 heterocycles. The summed E-state index contributed by atoms with van der Waals surface area (Å²) in [7, 11) is 2.08. The number of rotatable bonds is 5. The van der Waals surface area contributed by atoms with Crippen LogP contribution in [0.5, 0.6) is 0 Å². The smallest absolute Gasteiger partial charge is 0.0641 e. The molecule has 0 N–H and O–H groups in total. The first kappa shape index (κ1) is 12.8. The van der Waals surface area contributed by atoms with E-state index in [0.29, 0.717) is 6.42 Å². The minimum atomic E-state index is 0.165. The van der Waals surface area contributed by atoms with Gasteiger partial charge in [-0.05, 0) is 24.1 Å². The second kappa shape index (κ2) is 6.34. The van der Waals surface area contributed by atoms with E-state index >= 15 is 0 Å². The minimum absolute atomic E-state index is 0.165. The predicted octanol–water partition coefficient (Wildman–Crippen LogP) is 3.83. The monoisotopic (exact) mass is 256 g/mol. The van der Waals surface area contributed by atoms with Crippen LogP contribution in [-0.2, 0) is 6.54 Å². The van der Waals surface area contributed by atoms with Gasteiger partial charge >= 0.3 is 0 Å². The maximum atomic E-state index is 9.00. The van der Waals surface area contributed by atoms with Crippen molar-refractivity contribution in [2.75, 3.05) is 7.05 Å². The third-order valence-electron chi connectivity index (χ3n) is 2.99. The normalized spacial score (nSPS) is 12.3. The molecule has 0 aliphatic carbocycles. The van der Waals surface area contributed by atoms with Crippen LogP contribution >= 0.6 is 11.3 Å². The van der Waals surface area contributed by atoms with Crippen LogP contribution in [0.3, 0.4) is 0 Å². The lowest BCUT2D eigenvalue weighted by molar-refractivity contribution is 0.241. The molecule has 1 unspecified atom stereocenters. The van der Waals surface area contributed by atoms with Gasteiger partial charge in [0.05, 0.1) is 12.5 Å². The third kappa shape index (κ3) is 3.19. The van der Waals surface area contributed by atoms with E-state index in [1.54, 1.807) is 11.3 Å². The second-order valence-electron chi connectivity index (χ2n) is 4.28. The summed E-state index contributed by atoms with van der Waals surface area (Å²) in [6.45, 7) is 0.888. The van der Waals surface area contributed by atoms with E-state index in [1.807, 2.05) is 18.2 Å². The van der Waals surface area contributed by atoms with Crippen molar-refractivity contribution < 1.29 is 0 Å². The third-order valence-corrected chi connectivity index (χ3v) is 3.85. The van der Waals surface area contributed by atoms with Crippen LogP contribution in [0.25, 0.3) is 0 Å². The van der Waals surface area contributed by atoms with Crippen LogP contribution in [0.2, 0.25) is 0 Å². The maximum absolute atomic E-state index is 9.00. The lowest BCUT2D eigenvalue weighted by atomic mass is 10.0. The zero-order chi connectivity index (χ0) is 12.8. The Bertz CT molecular complexity index is 499. The Labute approximate surface area is 112 Å². The Morgan fingerprint density at radius 2 is 2.00 bits per heavy atom. The molecule has 0 radical (unpaired) electrons. The fraction of sp³-hybridized carbons (Fsp3) is 0.267. The molecule has 0 saturated heterocycles. The van der Waals surface area contributed by atoms with Gasteiger partial charge in [0.15, 0.2) is 0 Å². The lowest BCUT2D eigenvalue weighted by Gasteiger charge is -2.26. The first-order valence-corrected chi connectivity index (χ1v) is 6.83. The average molecular weight is 256 g/mol. The SMILES string of the molecule is CN(Cc1cccs1)C(CC#N)c1ccccc1. The van der Waals surface area contributed by atoms with Gasteiger partial charge in [-0.3, -0.25) is 4.90 Å². The van der Waals surface area contributed by atoms with Gasteiger partial charge in [0.2, 0.25) is 0 Å². The molecular weight excluding hydrogens is 240 g/mol. The topological polar surface area (TPSA) is 27.0 Å². The molecule has 2 nitrogen and oxygen atoms in total. The van der Waals surface area contributed by atoms with Crippen LogP contribution in [0.1, 0.15) is 22.9 Å². The van der Waals surface area contributed by atoms with E-state index in [1.165, 1.54) is 10.4 Å². The molecule has 2 aromatic rings. The molecule has 1 aromatic carbocycles. The standard InChI is InChI=1S/C15H16N2S/c1-17(12-14-8-5-11-18-14)15(9-10-16)13-6-3-2-4-7-13/h2-8,11,15H,9,12H2,1H3. The quantitative estimate of drug-likeness (QED) is 0.812. The summed E-state index contributed by atoms with van der Waals surface area (Å²) in [4.78, 5) is 3.57. The van der Waals surface area contributed by atoms with Gasteiger partial charge in [-0.1, -0.05) is 36.4 Å². The van der Waals surface area contributed by atoms with E-state index < -0.39 is 0 Å². The van der Waals surface area contributed by atoms with Gasteiger partial charge in [0.1, 0.15) is 0 Å². The molecule has 0 aliphatic heterocycles. The van der Waals surface area contributed by atoms with Crippen molar-refractivity contribution in [1.82, 2.24) is 4.90 Å². The molecule has 2 rings (SSSR count). The fourth-order valence-corrected chi connectivity index (χ4v) is 2.82. The molecule has 3 heteroatoms. The average Bonchev–Trinajstić information content (AvgIpc) is 2.89. The number of hydrogen-bond acceptors (Lipinski definition) is 3. The summed E-state index contributed by atoms with van der Waals surface area (Å²) in [6.07, 6.45) is 0.520. The number of hydrogen-bond donors (Lipinski definition) is 0. The maximum Gasteiger partial charge on any atom is 0.0641 e. The molecule has 1 atom stereocenters. The Morgan fingerprint density at radius 3 is 2.61 bits per heavy atom. The molecule has 0 fully saturated rings. The zero-order valence-electron chi connectivity index (χ0n) is 10.4. The van der Waals surface area contributed by atoms with E-state index in [2.05, 4.69) is 47.7 Å². The number of nitriles is 1. The Kier molecular flexibility index (Phi) is 4.52. The van der Waals surface area contributed by atoms with E-state index in [9.17, 15) is 0 Å². The van der Waals surface area contributed by atoms with E-state index in [0.717, 1.165) is 6.54 Å². The number of thiophene rings is 1. The van der Waals surface area contributed by atoms with Crippen molar-refractivity contribution in [3.63, 3.8) is 0 Å². The molecule has 92 valence electrons.